The molecule has 0 unspecified atom stereocenters. The minimum Gasteiger partial charge on any atom is -0.309 e. The molecule has 1 N–H and O–H groups in total. The van der Waals surface area contributed by atoms with Gasteiger partial charge in [0.05, 0.1) is 0 Å². The predicted molar refractivity (Wildman–Crippen MR) is 62.6 cm³/mol. The first kappa shape index (κ1) is 12.0. The van der Waals surface area contributed by atoms with Crippen molar-refractivity contribution in [2.45, 2.75) is 58.5 Å². The number of hydrogen-bond donors (Lipinski definition) is 1. The number of rotatable bonds is 3. The van der Waals surface area contributed by atoms with E-state index in [1.807, 2.05) is 0 Å². The Hall–Kier alpha value is -0.0800. The van der Waals surface area contributed by atoms with E-state index in [9.17, 15) is 0 Å². The van der Waals surface area contributed by atoms with Crippen LogP contribution in [-0.2, 0) is 0 Å². The van der Waals surface area contributed by atoms with Crippen molar-refractivity contribution in [2.24, 2.45) is 0 Å². The molecule has 84 valence electrons. The Balaban J connectivity index is 2.79. The Kier molecular flexibility index (Phi) is 3.59. The second-order valence-electron chi connectivity index (χ2n) is 5.18. The van der Waals surface area contributed by atoms with E-state index in [-0.39, 0.29) is 5.54 Å². The van der Waals surface area contributed by atoms with Gasteiger partial charge in [0.15, 0.2) is 0 Å². The molecule has 14 heavy (non-hydrogen) atoms. The maximum absolute atomic E-state index is 3.67. The third kappa shape index (κ3) is 2.12. The molecule has 0 spiro atoms. The van der Waals surface area contributed by atoms with Gasteiger partial charge in [-0.1, -0.05) is 20.8 Å². The Bertz CT molecular complexity index is 183. The lowest BCUT2D eigenvalue weighted by molar-refractivity contribution is 0.0134. The van der Waals surface area contributed by atoms with Gasteiger partial charge >= 0.3 is 0 Å². The van der Waals surface area contributed by atoms with Gasteiger partial charge in [0.1, 0.15) is 0 Å². The van der Waals surface area contributed by atoms with Crippen LogP contribution >= 0.6 is 0 Å². The fourth-order valence-electron chi connectivity index (χ4n) is 2.61. The molecular weight excluding hydrogens is 172 g/mol. The summed E-state index contributed by atoms with van der Waals surface area (Å²) in [6, 6.07) is 0. The number of likely N-dealkylation sites (N-methyl/N-ethyl adjacent to an activating group) is 1. The van der Waals surface area contributed by atoms with Gasteiger partial charge in [-0.15, -0.1) is 0 Å². The summed E-state index contributed by atoms with van der Waals surface area (Å²) in [5.41, 5.74) is 0.689. The molecule has 0 bridgehead atoms. The average Bonchev–Trinajstić information content (AvgIpc) is 2.17. The van der Waals surface area contributed by atoms with E-state index >= 15 is 0 Å². The zero-order valence-corrected chi connectivity index (χ0v) is 10.5. The first-order chi connectivity index (χ1) is 6.49. The molecule has 0 aliphatic carbocycles. The van der Waals surface area contributed by atoms with Crippen LogP contribution in [0, 0.1) is 0 Å². The van der Waals surface area contributed by atoms with Crippen LogP contribution in [0.2, 0.25) is 0 Å². The molecule has 1 saturated heterocycles. The van der Waals surface area contributed by atoms with Crippen molar-refractivity contribution in [1.29, 1.82) is 0 Å². The first-order valence-electron chi connectivity index (χ1n) is 6.00. The van der Waals surface area contributed by atoms with Crippen molar-refractivity contribution in [3.05, 3.63) is 0 Å². The molecule has 2 nitrogen and oxygen atoms in total. The lowest BCUT2D eigenvalue weighted by Crippen LogP contribution is -2.67. The zero-order valence-electron chi connectivity index (χ0n) is 10.5. The van der Waals surface area contributed by atoms with Crippen molar-refractivity contribution >= 4 is 0 Å². The Morgan fingerprint density at radius 1 is 1.14 bits per heavy atom. The van der Waals surface area contributed by atoms with Crippen LogP contribution in [0.15, 0.2) is 0 Å². The van der Waals surface area contributed by atoms with Gasteiger partial charge in [-0.25, -0.2) is 0 Å². The molecule has 0 radical (unpaired) electrons. The monoisotopic (exact) mass is 198 g/mol. The zero-order chi connectivity index (χ0) is 10.8. The van der Waals surface area contributed by atoms with Crippen molar-refractivity contribution in [3.63, 3.8) is 0 Å². The second-order valence-corrected chi connectivity index (χ2v) is 5.18. The third-order valence-corrected chi connectivity index (χ3v) is 3.85. The Morgan fingerprint density at radius 3 is 2.14 bits per heavy atom. The summed E-state index contributed by atoms with van der Waals surface area (Å²) < 4.78 is 0. The molecule has 0 aromatic carbocycles. The molecule has 2 heteroatoms. The molecule has 1 rings (SSSR count). The van der Waals surface area contributed by atoms with Crippen LogP contribution in [-0.4, -0.2) is 35.6 Å². The van der Waals surface area contributed by atoms with Crippen LogP contribution < -0.4 is 5.32 Å². The van der Waals surface area contributed by atoms with Gasteiger partial charge in [-0.3, -0.25) is 4.90 Å². The van der Waals surface area contributed by atoms with Gasteiger partial charge in [0.2, 0.25) is 0 Å². The smallest absolute Gasteiger partial charge is 0.0329 e. The standard InChI is InChI=1S/C12H26N2/c1-6-12(7-2)9-13-11(4,5)10-14(12)8-3/h13H,6-10H2,1-5H3. The van der Waals surface area contributed by atoms with Crippen molar-refractivity contribution in [1.82, 2.24) is 10.2 Å². The Labute approximate surface area is 89.1 Å². The van der Waals surface area contributed by atoms with Crippen molar-refractivity contribution in [2.75, 3.05) is 19.6 Å². The van der Waals surface area contributed by atoms with Crippen LogP contribution in [0.3, 0.4) is 0 Å². The van der Waals surface area contributed by atoms with E-state index in [1.165, 1.54) is 25.9 Å². The predicted octanol–water partition coefficient (Wildman–Crippen LogP) is 2.25. The summed E-state index contributed by atoms with van der Waals surface area (Å²) in [5.74, 6) is 0. The van der Waals surface area contributed by atoms with Crippen molar-refractivity contribution in [3.8, 4) is 0 Å². The molecule has 0 atom stereocenters. The first-order valence-corrected chi connectivity index (χ1v) is 6.00. The quantitative estimate of drug-likeness (QED) is 0.748. The third-order valence-electron chi connectivity index (χ3n) is 3.85. The molecule has 1 fully saturated rings. The normalized spacial score (nSPS) is 26.4. The topological polar surface area (TPSA) is 15.3 Å². The highest BCUT2D eigenvalue weighted by atomic mass is 15.3. The molecular formula is C12H26N2. The van der Waals surface area contributed by atoms with E-state index in [0.717, 1.165) is 6.54 Å². The molecule has 1 aliphatic rings. The van der Waals surface area contributed by atoms with Gasteiger partial charge < -0.3 is 5.32 Å². The molecule has 0 aromatic rings. The summed E-state index contributed by atoms with van der Waals surface area (Å²) in [7, 11) is 0. The van der Waals surface area contributed by atoms with E-state index in [1.54, 1.807) is 0 Å². The van der Waals surface area contributed by atoms with Crippen molar-refractivity contribution < 1.29 is 0 Å². The maximum atomic E-state index is 3.67. The highest BCUT2D eigenvalue weighted by Crippen LogP contribution is 2.29. The van der Waals surface area contributed by atoms with Crippen LogP contribution in [0.25, 0.3) is 0 Å². The summed E-state index contributed by atoms with van der Waals surface area (Å²) >= 11 is 0. The average molecular weight is 198 g/mol. The minimum atomic E-state index is 0.282. The largest absolute Gasteiger partial charge is 0.309 e. The number of nitrogens with zero attached hydrogens (tertiary/aromatic N) is 1. The highest BCUT2D eigenvalue weighted by molar-refractivity contribution is 5.00. The van der Waals surface area contributed by atoms with Gasteiger partial charge in [0, 0.05) is 24.2 Å². The fourth-order valence-corrected chi connectivity index (χ4v) is 2.61. The SMILES string of the molecule is CCN1CC(C)(C)NCC1(CC)CC. The molecule has 1 aliphatic heterocycles. The van der Waals surface area contributed by atoms with E-state index < -0.39 is 0 Å². The van der Waals surface area contributed by atoms with E-state index in [2.05, 4.69) is 44.8 Å². The summed E-state index contributed by atoms with van der Waals surface area (Å²) in [6.07, 6.45) is 2.50. The molecule has 0 amide bonds. The fraction of sp³-hybridized carbons (Fsp3) is 1.00. The van der Waals surface area contributed by atoms with E-state index in [0.29, 0.717) is 5.54 Å². The van der Waals surface area contributed by atoms with Crippen LogP contribution in [0.5, 0.6) is 0 Å². The van der Waals surface area contributed by atoms with Crippen LogP contribution in [0.4, 0.5) is 0 Å². The number of nitrogens with one attached hydrogen (secondary N) is 1. The van der Waals surface area contributed by atoms with Gasteiger partial charge in [0.25, 0.3) is 0 Å². The summed E-state index contributed by atoms with van der Waals surface area (Å²) in [5, 5.41) is 3.67. The number of hydrogen-bond acceptors (Lipinski definition) is 2. The van der Waals surface area contributed by atoms with Gasteiger partial charge in [-0.2, -0.15) is 0 Å². The lowest BCUT2D eigenvalue weighted by Gasteiger charge is -2.52. The summed E-state index contributed by atoms with van der Waals surface area (Å²) in [6.45, 7) is 15.0. The minimum absolute atomic E-state index is 0.282. The molecule has 0 saturated carbocycles. The molecule has 1 heterocycles. The lowest BCUT2D eigenvalue weighted by atomic mass is 9.84. The highest BCUT2D eigenvalue weighted by Gasteiger charge is 2.40. The summed E-state index contributed by atoms with van der Waals surface area (Å²) in [4.78, 5) is 2.66. The maximum Gasteiger partial charge on any atom is 0.0329 e. The number of piperazine rings is 1. The van der Waals surface area contributed by atoms with Crippen LogP contribution in [0.1, 0.15) is 47.5 Å². The second kappa shape index (κ2) is 4.19. The molecule has 0 aromatic heterocycles. The van der Waals surface area contributed by atoms with E-state index in [4.69, 9.17) is 0 Å². The van der Waals surface area contributed by atoms with Gasteiger partial charge in [-0.05, 0) is 33.2 Å². The Morgan fingerprint density at radius 2 is 1.71 bits per heavy atom.